The molecule has 1 aromatic heterocycles. The topological polar surface area (TPSA) is 102 Å². The van der Waals surface area contributed by atoms with Crippen molar-refractivity contribution < 1.29 is 17.6 Å². The Labute approximate surface area is 182 Å². The molecule has 2 heterocycles. The zero-order valence-electron chi connectivity index (χ0n) is 18.2. The molecule has 0 atom stereocenters. The molecule has 1 saturated heterocycles. The number of fused-ring (bicyclic) bond motifs is 1. The van der Waals surface area contributed by atoms with Crippen LogP contribution in [0.3, 0.4) is 0 Å². The van der Waals surface area contributed by atoms with Crippen molar-refractivity contribution in [2.75, 3.05) is 13.1 Å². The number of amides is 1. The van der Waals surface area contributed by atoms with Crippen LogP contribution in [0, 0.1) is 11.8 Å². The Morgan fingerprint density at radius 1 is 1.13 bits per heavy atom. The van der Waals surface area contributed by atoms with E-state index in [1.807, 2.05) is 0 Å². The first-order chi connectivity index (χ1) is 14.7. The van der Waals surface area contributed by atoms with Gasteiger partial charge in [-0.25, -0.2) is 13.2 Å². The van der Waals surface area contributed by atoms with E-state index >= 15 is 0 Å². The highest BCUT2D eigenvalue weighted by atomic mass is 32.2. The van der Waals surface area contributed by atoms with Crippen LogP contribution in [0.4, 0.5) is 0 Å². The molecule has 1 amide bonds. The number of nitrogens with one attached hydrogen (secondary N) is 1. The van der Waals surface area contributed by atoms with Gasteiger partial charge in [-0.2, -0.15) is 4.31 Å². The lowest BCUT2D eigenvalue weighted by molar-refractivity contribution is -0.123. The van der Waals surface area contributed by atoms with Crippen molar-refractivity contribution in [3.8, 4) is 0 Å². The molecule has 0 spiro atoms. The van der Waals surface area contributed by atoms with E-state index in [1.54, 1.807) is 13.1 Å². The molecular formula is C22H31N3O5S. The fourth-order valence-corrected chi connectivity index (χ4v) is 6.22. The number of benzene rings is 1. The summed E-state index contributed by atoms with van der Waals surface area (Å²) in [7, 11) is -2.09. The van der Waals surface area contributed by atoms with Crippen LogP contribution < -0.4 is 11.1 Å². The van der Waals surface area contributed by atoms with Crippen molar-refractivity contribution in [3.05, 3.63) is 28.7 Å². The molecule has 0 bridgehead atoms. The van der Waals surface area contributed by atoms with Gasteiger partial charge in [0.2, 0.25) is 15.9 Å². The number of oxazole rings is 1. The summed E-state index contributed by atoms with van der Waals surface area (Å²) in [6, 6.07) is 4.81. The highest BCUT2D eigenvalue weighted by Gasteiger charge is 2.31. The zero-order valence-corrected chi connectivity index (χ0v) is 19.0. The molecule has 1 aliphatic carbocycles. The van der Waals surface area contributed by atoms with Crippen LogP contribution >= 0.6 is 0 Å². The highest BCUT2D eigenvalue weighted by molar-refractivity contribution is 7.89. The van der Waals surface area contributed by atoms with Gasteiger partial charge in [-0.05, 0) is 62.5 Å². The maximum Gasteiger partial charge on any atom is 0.419 e. The minimum atomic E-state index is -3.68. The Kier molecular flexibility index (Phi) is 6.25. The molecule has 0 radical (unpaired) electrons. The fourth-order valence-electron chi connectivity index (χ4n) is 4.73. The molecule has 2 aliphatic rings. The van der Waals surface area contributed by atoms with E-state index in [4.69, 9.17) is 4.42 Å². The zero-order chi connectivity index (χ0) is 22.2. The lowest BCUT2D eigenvalue weighted by atomic mass is 9.87. The lowest BCUT2D eigenvalue weighted by Crippen LogP contribution is -2.41. The molecule has 0 unspecified atom stereocenters. The number of nitrogens with zero attached hydrogens (tertiary/aromatic N) is 2. The summed E-state index contributed by atoms with van der Waals surface area (Å²) in [5.41, 5.74) is 0.818. The van der Waals surface area contributed by atoms with Crippen molar-refractivity contribution in [3.63, 3.8) is 0 Å². The van der Waals surface area contributed by atoms with Gasteiger partial charge in [0.1, 0.15) is 0 Å². The molecule has 9 heteroatoms. The molecule has 1 aliphatic heterocycles. The highest BCUT2D eigenvalue weighted by Crippen LogP contribution is 2.28. The SMILES string of the molecule is CC1CCC(NC(=O)CC2CCN(S(=O)(=O)c3ccc4c(c3)oc(=O)n4C)CC2)CC1. The Morgan fingerprint density at radius 3 is 2.48 bits per heavy atom. The van der Waals surface area contributed by atoms with E-state index in [-0.39, 0.29) is 28.3 Å². The summed E-state index contributed by atoms with van der Waals surface area (Å²) >= 11 is 0. The third-order valence-electron chi connectivity index (χ3n) is 6.83. The molecular weight excluding hydrogens is 418 g/mol. The number of aromatic nitrogens is 1. The van der Waals surface area contributed by atoms with Crippen LogP contribution in [-0.2, 0) is 21.9 Å². The molecule has 8 nitrogen and oxygen atoms in total. The molecule has 4 rings (SSSR count). The van der Waals surface area contributed by atoms with E-state index in [0.29, 0.717) is 37.9 Å². The molecule has 1 saturated carbocycles. The summed E-state index contributed by atoms with van der Waals surface area (Å²) in [5.74, 6) is 0.512. The minimum absolute atomic E-state index is 0.0884. The fraction of sp³-hybridized carbons (Fsp3) is 0.636. The van der Waals surface area contributed by atoms with Crippen molar-refractivity contribution in [1.29, 1.82) is 0 Å². The Morgan fingerprint density at radius 2 is 1.81 bits per heavy atom. The monoisotopic (exact) mass is 449 g/mol. The second kappa shape index (κ2) is 8.78. The van der Waals surface area contributed by atoms with Crippen LogP contribution in [0.25, 0.3) is 11.1 Å². The molecule has 1 N–H and O–H groups in total. The normalized spacial score (nSPS) is 23.8. The van der Waals surface area contributed by atoms with E-state index < -0.39 is 15.8 Å². The Hall–Kier alpha value is -2.13. The lowest BCUT2D eigenvalue weighted by Gasteiger charge is -2.32. The van der Waals surface area contributed by atoms with Gasteiger partial charge in [-0.3, -0.25) is 9.36 Å². The van der Waals surface area contributed by atoms with Gasteiger partial charge in [0.15, 0.2) is 5.58 Å². The average molecular weight is 450 g/mol. The van der Waals surface area contributed by atoms with E-state index in [0.717, 1.165) is 18.8 Å². The van der Waals surface area contributed by atoms with Crippen LogP contribution in [-0.4, -0.2) is 42.3 Å². The number of rotatable bonds is 5. The Balaban J connectivity index is 1.33. The summed E-state index contributed by atoms with van der Waals surface area (Å²) in [5, 5.41) is 3.17. The molecule has 2 fully saturated rings. The van der Waals surface area contributed by atoms with Crippen LogP contribution in [0.2, 0.25) is 0 Å². The third-order valence-corrected chi connectivity index (χ3v) is 8.72. The van der Waals surface area contributed by atoms with Crippen molar-refractivity contribution >= 4 is 27.0 Å². The maximum absolute atomic E-state index is 13.1. The van der Waals surface area contributed by atoms with Gasteiger partial charge in [0, 0.05) is 38.7 Å². The predicted octanol–water partition coefficient (Wildman–Crippen LogP) is 2.62. The number of aryl methyl sites for hydroxylation is 1. The van der Waals surface area contributed by atoms with E-state index in [2.05, 4.69) is 12.2 Å². The molecule has 2 aromatic rings. The first-order valence-corrected chi connectivity index (χ1v) is 12.6. The van der Waals surface area contributed by atoms with Gasteiger partial charge in [0.05, 0.1) is 10.4 Å². The quantitative estimate of drug-likeness (QED) is 0.756. The van der Waals surface area contributed by atoms with Crippen LogP contribution in [0.15, 0.2) is 32.3 Å². The number of carbonyl (C=O) groups excluding carboxylic acids is 1. The summed E-state index contributed by atoms with van der Waals surface area (Å²) in [6.45, 7) is 3.03. The van der Waals surface area contributed by atoms with Crippen LogP contribution in [0.1, 0.15) is 51.9 Å². The maximum atomic E-state index is 13.1. The molecule has 1 aromatic carbocycles. The third kappa shape index (κ3) is 4.72. The number of piperidine rings is 1. The molecule has 31 heavy (non-hydrogen) atoms. The average Bonchev–Trinajstić information content (AvgIpc) is 3.03. The van der Waals surface area contributed by atoms with E-state index in [1.165, 1.54) is 33.8 Å². The number of hydrogen-bond acceptors (Lipinski definition) is 5. The van der Waals surface area contributed by atoms with Crippen molar-refractivity contribution in [2.24, 2.45) is 18.9 Å². The summed E-state index contributed by atoms with van der Waals surface area (Å²) < 4.78 is 34.1. The second-order valence-corrected chi connectivity index (χ2v) is 11.1. The number of carbonyl (C=O) groups is 1. The smallest absolute Gasteiger partial charge is 0.408 e. The van der Waals surface area contributed by atoms with Gasteiger partial charge < -0.3 is 9.73 Å². The van der Waals surface area contributed by atoms with Crippen molar-refractivity contribution in [1.82, 2.24) is 14.2 Å². The minimum Gasteiger partial charge on any atom is -0.408 e. The van der Waals surface area contributed by atoms with Crippen LogP contribution in [0.5, 0.6) is 0 Å². The summed E-state index contributed by atoms with van der Waals surface area (Å²) in [6.07, 6.45) is 6.22. The first kappa shape index (κ1) is 22.1. The number of sulfonamides is 1. The molecule has 170 valence electrons. The summed E-state index contributed by atoms with van der Waals surface area (Å²) in [4.78, 5) is 24.2. The second-order valence-electron chi connectivity index (χ2n) is 9.13. The van der Waals surface area contributed by atoms with Gasteiger partial charge in [-0.15, -0.1) is 0 Å². The van der Waals surface area contributed by atoms with Gasteiger partial charge >= 0.3 is 5.76 Å². The Bertz CT molecular complexity index is 1100. The van der Waals surface area contributed by atoms with Crippen molar-refractivity contribution in [2.45, 2.75) is 62.8 Å². The largest absolute Gasteiger partial charge is 0.419 e. The first-order valence-electron chi connectivity index (χ1n) is 11.1. The van der Waals surface area contributed by atoms with Gasteiger partial charge in [0.25, 0.3) is 0 Å². The predicted molar refractivity (Wildman–Crippen MR) is 117 cm³/mol. The van der Waals surface area contributed by atoms with Gasteiger partial charge in [-0.1, -0.05) is 6.92 Å². The van der Waals surface area contributed by atoms with E-state index in [9.17, 15) is 18.0 Å². The number of hydrogen-bond donors (Lipinski definition) is 1. The standard InChI is InChI=1S/C22H31N3O5S/c1-15-3-5-17(6-4-15)23-21(26)13-16-9-11-25(12-10-16)31(28,29)18-7-8-19-20(14-18)30-22(27)24(19)2/h7-8,14-17H,3-6,9-13H2,1-2H3,(H,23,26).